The van der Waals surface area contributed by atoms with Gasteiger partial charge in [-0.05, 0) is 0 Å². The molecule has 0 saturated heterocycles. The Morgan fingerprint density at radius 1 is 0.889 bits per heavy atom. The van der Waals surface area contributed by atoms with Gasteiger partial charge in [0.2, 0.25) is 6.16 Å². The zero-order valence-corrected chi connectivity index (χ0v) is 14.2. The minimum absolute atomic E-state index is 0. The summed E-state index contributed by atoms with van der Waals surface area (Å²) in [5.41, 5.74) is 0. The molecule has 0 aromatic heterocycles. The van der Waals surface area contributed by atoms with Gasteiger partial charge in [0.15, 0.2) is 0 Å². The SMILES string of the molecule is O=C([O-])O.O=P(O)(O)OP(=O)(O)OP(=O)(O)O.[K+]. The molecule has 0 bridgehead atoms. The molecule has 0 aromatic rings. The van der Waals surface area contributed by atoms with Crippen LogP contribution >= 0.6 is 23.5 Å². The van der Waals surface area contributed by atoms with Crippen LogP contribution in [0.2, 0.25) is 0 Å². The molecular weight excluding hydrogens is 352 g/mol. The van der Waals surface area contributed by atoms with Gasteiger partial charge in [-0.1, -0.05) is 0 Å². The van der Waals surface area contributed by atoms with Crippen LogP contribution in [-0.2, 0) is 22.3 Å². The van der Waals surface area contributed by atoms with Crippen molar-refractivity contribution in [3.8, 4) is 0 Å². The third kappa shape index (κ3) is 26.0. The Hall–Kier alpha value is 1.32. The van der Waals surface area contributed by atoms with Gasteiger partial charge >= 0.3 is 74.9 Å². The Morgan fingerprint density at radius 2 is 1.06 bits per heavy atom. The molecule has 6 N–H and O–H groups in total. The molecule has 0 fully saturated rings. The second kappa shape index (κ2) is 9.29. The van der Waals surface area contributed by atoms with Gasteiger partial charge in [-0.2, -0.15) is 8.62 Å². The zero-order valence-electron chi connectivity index (χ0n) is 8.38. The molecule has 0 aliphatic heterocycles. The molecule has 0 unspecified atom stereocenters. The van der Waals surface area contributed by atoms with Crippen LogP contribution in [0.4, 0.5) is 4.79 Å². The minimum Gasteiger partial charge on any atom is -0.565 e. The Balaban J connectivity index is -0.000000392. The molecule has 18 heavy (non-hydrogen) atoms. The molecule has 0 atom stereocenters. The summed E-state index contributed by atoms with van der Waals surface area (Å²) in [5, 5.41) is 15.3. The van der Waals surface area contributed by atoms with E-state index in [4.69, 9.17) is 39.5 Å². The zero-order chi connectivity index (χ0) is 14.5. The van der Waals surface area contributed by atoms with Crippen molar-refractivity contribution in [2.24, 2.45) is 0 Å². The number of carbonyl (C=O) groups is 1. The van der Waals surface area contributed by atoms with Crippen molar-refractivity contribution in [1.29, 1.82) is 0 Å². The first-order chi connectivity index (χ1) is 7.15. The Bertz CT molecular complexity index is 355. The van der Waals surface area contributed by atoms with Crippen molar-refractivity contribution >= 4 is 29.6 Å². The van der Waals surface area contributed by atoms with Gasteiger partial charge in [-0.3, -0.25) is 0 Å². The largest absolute Gasteiger partial charge is 1.00 e. The first-order valence-corrected chi connectivity index (χ1v) is 7.47. The fourth-order valence-corrected chi connectivity index (χ4v) is 2.82. The molecule has 0 amide bonds. The average Bonchev–Trinajstić information content (AvgIpc) is 1.68. The topological polar surface area (TPSA) is 231 Å². The van der Waals surface area contributed by atoms with Crippen molar-refractivity contribution in [3.63, 3.8) is 0 Å². The van der Waals surface area contributed by atoms with E-state index >= 15 is 0 Å². The quantitative estimate of drug-likeness (QED) is 0.205. The summed E-state index contributed by atoms with van der Waals surface area (Å²) in [6, 6.07) is 0. The van der Waals surface area contributed by atoms with Crippen LogP contribution in [-0.4, -0.2) is 35.7 Å². The van der Waals surface area contributed by atoms with E-state index in [9.17, 15) is 13.7 Å². The molecule has 17 heteroatoms. The summed E-state index contributed by atoms with van der Waals surface area (Å²) < 4.78 is 36.4. The molecule has 0 spiro atoms. The third-order valence-corrected chi connectivity index (χ3v) is 3.77. The van der Waals surface area contributed by atoms with Crippen LogP contribution in [0.15, 0.2) is 0 Å². The Labute approximate surface area is 141 Å². The summed E-state index contributed by atoms with van der Waals surface area (Å²) in [5.74, 6) is 0. The molecule has 13 nitrogen and oxygen atoms in total. The summed E-state index contributed by atoms with van der Waals surface area (Å²) in [7, 11) is -16.2. The van der Waals surface area contributed by atoms with Crippen LogP contribution in [0.3, 0.4) is 0 Å². The molecule has 0 rings (SSSR count). The van der Waals surface area contributed by atoms with E-state index in [1.54, 1.807) is 0 Å². The number of rotatable bonds is 4. The van der Waals surface area contributed by atoms with E-state index in [1.807, 2.05) is 0 Å². The Kier molecular flexibility index (Phi) is 12.6. The predicted octanol–water partition coefficient (Wildman–Crippen LogP) is -4.80. The summed E-state index contributed by atoms with van der Waals surface area (Å²) in [6.07, 6.45) is -2.08. The predicted molar refractivity (Wildman–Crippen MR) is 44.1 cm³/mol. The van der Waals surface area contributed by atoms with Crippen LogP contribution in [0.5, 0.6) is 0 Å². The van der Waals surface area contributed by atoms with Crippen molar-refractivity contribution in [2.75, 3.05) is 0 Å². The maximum Gasteiger partial charge on any atom is 1.00 e. The van der Waals surface area contributed by atoms with Crippen molar-refractivity contribution in [3.05, 3.63) is 0 Å². The fraction of sp³-hybridized carbons (Fsp3) is 0. The average molecular weight is 358 g/mol. The summed E-state index contributed by atoms with van der Waals surface area (Å²) >= 11 is 0. The second-order valence-corrected chi connectivity index (χ2v) is 6.08. The summed E-state index contributed by atoms with van der Waals surface area (Å²) in [6.45, 7) is 0. The van der Waals surface area contributed by atoms with E-state index in [-0.39, 0.29) is 51.4 Å². The van der Waals surface area contributed by atoms with Gasteiger partial charge in [0.25, 0.3) is 0 Å². The molecule has 104 valence electrons. The monoisotopic (exact) mass is 358 g/mol. The van der Waals surface area contributed by atoms with Gasteiger partial charge in [-0.15, -0.1) is 0 Å². The fourth-order valence-electron chi connectivity index (χ4n) is 0.284. The van der Waals surface area contributed by atoms with Crippen molar-refractivity contribution in [1.82, 2.24) is 0 Å². The first kappa shape index (κ1) is 24.3. The molecule has 0 heterocycles. The standard InChI is InChI=1S/CH2O3.K.H5O10P3/c2-1(3)4;;1-11(2,3)9-13(7,8)10-12(4,5)6/h(H2,2,3,4);;(H,7,8)(H2,1,2,3)(H2,4,5,6)/q;+1;/p-1. The number of phosphoric acid groups is 3. The normalized spacial score (nSPS) is 11.8. The van der Waals surface area contributed by atoms with E-state index in [2.05, 4.69) is 8.62 Å². The van der Waals surface area contributed by atoms with Crippen LogP contribution < -0.4 is 56.5 Å². The van der Waals surface area contributed by atoms with Gasteiger partial charge in [-0.25, -0.2) is 13.7 Å². The van der Waals surface area contributed by atoms with Gasteiger partial charge in [0.05, 0.1) is 0 Å². The van der Waals surface area contributed by atoms with E-state index < -0.39 is 29.6 Å². The maximum atomic E-state index is 10.4. The number of hydrogen-bond acceptors (Lipinski definition) is 7. The van der Waals surface area contributed by atoms with E-state index in [0.29, 0.717) is 0 Å². The van der Waals surface area contributed by atoms with Gasteiger partial charge < -0.3 is 39.5 Å². The third-order valence-electron chi connectivity index (χ3n) is 0.419. The molecule has 0 radical (unpaired) electrons. The smallest absolute Gasteiger partial charge is 0.565 e. The van der Waals surface area contributed by atoms with Crippen LogP contribution in [0.1, 0.15) is 0 Å². The van der Waals surface area contributed by atoms with Gasteiger partial charge in [0, 0.05) is 0 Å². The van der Waals surface area contributed by atoms with Gasteiger partial charge in [0.1, 0.15) is 0 Å². The number of hydrogen-bond donors (Lipinski definition) is 6. The minimum atomic E-state index is -5.46. The molecule has 0 saturated carbocycles. The summed E-state index contributed by atoms with van der Waals surface area (Å²) in [4.78, 5) is 48.7. The first-order valence-electron chi connectivity index (χ1n) is 2.91. The van der Waals surface area contributed by atoms with Crippen LogP contribution in [0, 0.1) is 0 Å². The van der Waals surface area contributed by atoms with Crippen molar-refractivity contribution < 1.29 is 113 Å². The van der Waals surface area contributed by atoms with Crippen LogP contribution in [0.25, 0.3) is 0 Å². The molecule has 0 aromatic carbocycles. The molecular formula is CH6KO13P3. The molecule has 0 aliphatic carbocycles. The number of carboxylic acid groups (broad SMARTS) is 2. The Morgan fingerprint density at radius 3 is 1.17 bits per heavy atom. The van der Waals surface area contributed by atoms with E-state index in [1.165, 1.54) is 0 Å². The van der Waals surface area contributed by atoms with E-state index in [0.717, 1.165) is 0 Å². The molecule has 0 aliphatic rings. The maximum absolute atomic E-state index is 10.4. The second-order valence-electron chi connectivity index (χ2n) is 1.88. The van der Waals surface area contributed by atoms with Crippen molar-refractivity contribution in [2.45, 2.75) is 0 Å².